The summed E-state index contributed by atoms with van der Waals surface area (Å²) >= 11 is 0. The van der Waals surface area contributed by atoms with Crippen LogP contribution in [0.25, 0.3) is 0 Å². The van der Waals surface area contributed by atoms with Crippen LogP contribution in [-0.4, -0.2) is 44.6 Å². The van der Waals surface area contributed by atoms with Crippen molar-refractivity contribution in [1.82, 2.24) is 10.2 Å². The Morgan fingerprint density at radius 3 is 2.55 bits per heavy atom. The maximum absolute atomic E-state index is 12.1. The summed E-state index contributed by atoms with van der Waals surface area (Å²) in [6.07, 6.45) is 4.93. The second-order valence-corrected chi connectivity index (χ2v) is 6.08. The van der Waals surface area contributed by atoms with Gasteiger partial charge in [0.05, 0.1) is 7.11 Å². The highest BCUT2D eigenvalue weighted by atomic mass is 16.5. The van der Waals surface area contributed by atoms with Crippen LogP contribution in [0.5, 0.6) is 5.75 Å². The van der Waals surface area contributed by atoms with Crippen LogP contribution in [0.3, 0.4) is 0 Å². The van der Waals surface area contributed by atoms with E-state index in [1.54, 1.807) is 7.11 Å². The molecule has 0 unspecified atom stereocenters. The molecule has 1 aliphatic heterocycles. The zero-order valence-electron chi connectivity index (χ0n) is 13.8. The van der Waals surface area contributed by atoms with Gasteiger partial charge < -0.3 is 15.0 Å². The van der Waals surface area contributed by atoms with E-state index < -0.39 is 0 Å². The number of nitrogens with zero attached hydrogens (tertiary/aromatic N) is 1. The minimum absolute atomic E-state index is 0.318. The Kier molecular flexibility index (Phi) is 6.72. The number of methoxy groups -OCH3 is 1. The number of hydrogen-bond acceptors (Lipinski definition) is 3. The first-order chi connectivity index (χ1) is 10.7. The van der Waals surface area contributed by atoms with E-state index in [2.05, 4.69) is 17.4 Å². The number of nitrogens with one attached hydrogen (secondary N) is 1. The molecule has 2 rings (SSSR count). The van der Waals surface area contributed by atoms with Crippen LogP contribution < -0.4 is 10.1 Å². The third kappa shape index (κ3) is 5.02. The molecule has 0 atom stereocenters. The van der Waals surface area contributed by atoms with Gasteiger partial charge in [-0.1, -0.05) is 12.1 Å². The average Bonchev–Trinajstić information content (AvgIpc) is 2.56. The molecule has 0 aliphatic carbocycles. The lowest BCUT2D eigenvalue weighted by Crippen LogP contribution is -2.39. The molecule has 0 bridgehead atoms. The Labute approximate surface area is 133 Å². The molecule has 1 heterocycles. The van der Waals surface area contributed by atoms with Crippen LogP contribution in [0.2, 0.25) is 0 Å². The van der Waals surface area contributed by atoms with Crippen LogP contribution in [0, 0.1) is 5.92 Å². The zero-order chi connectivity index (χ0) is 15.8. The van der Waals surface area contributed by atoms with Gasteiger partial charge in [0.15, 0.2) is 0 Å². The van der Waals surface area contributed by atoms with Gasteiger partial charge in [-0.25, -0.2) is 0 Å². The number of likely N-dealkylation sites (tertiary alicyclic amines) is 1. The van der Waals surface area contributed by atoms with Gasteiger partial charge in [-0.2, -0.15) is 0 Å². The van der Waals surface area contributed by atoms with E-state index in [4.69, 9.17) is 4.74 Å². The van der Waals surface area contributed by atoms with Gasteiger partial charge in [0, 0.05) is 19.5 Å². The lowest BCUT2D eigenvalue weighted by molar-refractivity contribution is -0.132. The molecule has 22 heavy (non-hydrogen) atoms. The molecule has 0 radical (unpaired) electrons. The number of amides is 1. The number of rotatable bonds is 7. The minimum Gasteiger partial charge on any atom is -0.497 e. The van der Waals surface area contributed by atoms with Crippen LogP contribution in [0.1, 0.15) is 31.2 Å². The molecule has 1 saturated heterocycles. The first-order valence-electron chi connectivity index (χ1n) is 8.28. The molecule has 4 heteroatoms. The van der Waals surface area contributed by atoms with Gasteiger partial charge >= 0.3 is 0 Å². The normalized spacial score (nSPS) is 15.8. The molecule has 1 fully saturated rings. The predicted molar refractivity (Wildman–Crippen MR) is 89.2 cm³/mol. The number of hydrogen-bond donors (Lipinski definition) is 1. The zero-order valence-corrected chi connectivity index (χ0v) is 13.8. The standard InChI is InChI=1S/C18H28N2O2/c1-19-11-3-4-18(21)20-12-9-16(10-13-20)14-15-5-7-17(22-2)8-6-15/h5-8,16,19H,3-4,9-14H2,1-2H3. The SMILES string of the molecule is CNCCCC(=O)N1CCC(Cc2ccc(OC)cc2)CC1. The van der Waals surface area contributed by atoms with Gasteiger partial charge in [0.1, 0.15) is 5.75 Å². The van der Waals surface area contributed by atoms with Crippen molar-refractivity contribution in [2.24, 2.45) is 5.92 Å². The summed E-state index contributed by atoms with van der Waals surface area (Å²) < 4.78 is 5.19. The molecule has 0 saturated carbocycles. The monoisotopic (exact) mass is 304 g/mol. The maximum atomic E-state index is 12.1. The Balaban J connectivity index is 1.73. The van der Waals surface area contributed by atoms with E-state index in [0.29, 0.717) is 18.2 Å². The van der Waals surface area contributed by atoms with Crippen LogP contribution in [0.4, 0.5) is 0 Å². The highest BCUT2D eigenvalue weighted by Crippen LogP contribution is 2.23. The van der Waals surface area contributed by atoms with Crippen molar-refractivity contribution in [3.05, 3.63) is 29.8 Å². The first-order valence-corrected chi connectivity index (χ1v) is 8.28. The van der Waals surface area contributed by atoms with Crippen molar-refractivity contribution in [3.8, 4) is 5.75 Å². The van der Waals surface area contributed by atoms with Crippen molar-refractivity contribution >= 4 is 5.91 Å². The molecule has 1 aromatic rings. The molecule has 0 spiro atoms. The van der Waals surface area contributed by atoms with Crippen LogP contribution >= 0.6 is 0 Å². The quantitative estimate of drug-likeness (QED) is 0.787. The topological polar surface area (TPSA) is 41.6 Å². The maximum Gasteiger partial charge on any atom is 0.222 e. The summed E-state index contributed by atoms with van der Waals surface area (Å²) in [7, 11) is 3.62. The lowest BCUT2D eigenvalue weighted by Gasteiger charge is -2.32. The van der Waals surface area contributed by atoms with Crippen molar-refractivity contribution in [2.75, 3.05) is 33.8 Å². The highest BCUT2D eigenvalue weighted by molar-refractivity contribution is 5.76. The van der Waals surface area contributed by atoms with E-state index >= 15 is 0 Å². The highest BCUT2D eigenvalue weighted by Gasteiger charge is 2.22. The molecule has 4 nitrogen and oxygen atoms in total. The molecular formula is C18H28N2O2. The fraction of sp³-hybridized carbons (Fsp3) is 0.611. The minimum atomic E-state index is 0.318. The molecule has 1 aliphatic rings. The van der Waals surface area contributed by atoms with Gasteiger partial charge in [0.25, 0.3) is 0 Å². The first kappa shape index (κ1) is 16.8. The second kappa shape index (κ2) is 8.79. The Hall–Kier alpha value is -1.55. The predicted octanol–water partition coefficient (Wildman–Crippen LogP) is 2.48. The van der Waals surface area contributed by atoms with Gasteiger partial charge in [-0.05, 0) is 62.9 Å². The fourth-order valence-electron chi connectivity index (χ4n) is 3.06. The third-order valence-electron chi connectivity index (χ3n) is 4.47. The smallest absolute Gasteiger partial charge is 0.222 e. The van der Waals surface area contributed by atoms with Crippen molar-refractivity contribution in [3.63, 3.8) is 0 Å². The molecule has 0 aromatic heterocycles. The number of benzene rings is 1. The average molecular weight is 304 g/mol. The fourth-order valence-corrected chi connectivity index (χ4v) is 3.06. The van der Waals surface area contributed by atoms with E-state index in [1.807, 2.05) is 24.1 Å². The van der Waals surface area contributed by atoms with Gasteiger partial charge in [-0.15, -0.1) is 0 Å². The van der Waals surface area contributed by atoms with Crippen LogP contribution in [-0.2, 0) is 11.2 Å². The molecule has 1 aromatic carbocycles. The molecular weight excluding hydrogens is 276 g/mol. The third-order valence-corrected chi connectivity index (χ3v) is 4.47. The molecule has 1 amide bonds. The van der Waals surface area contributed by atoms with E-state index in [0.717, 1.165) is 51.1 Å². The summed E-state index contributed by atoms with van der Waals surface area (Å²) in [6.45, 7) is 2.75. The summed E-state index contributed by atoms with van der Waals surface area (Å²) in [6, 6.07) is 8.34. The summed E-state index contributed by atoms with van der Waals surface area (Å²) in [4.78, 5) is 14.1. The lowest BCUT2D eigenvalue weighted by atomic mass is 9.90. The Morgan fingerprint density at radius 1 is 1.27 bits per heavy atom. The molecule has 1 N–H and O–H groups in total. The summed E-state index contributed by atoms with van der Waals surface area (Å²) in [5.74, 6) is 1.92. The van der Waals surface area contributed by atoms with E-state index in [-0.39, 0.29) is 0 Å². The Morgan fingerprint density at radius 2 is 1.95 bits per heavy atom. The van der Waals surface area contributed by atoms with E-state index in [1.165, 1.54) is 5.56 Å². The van der Waals surface area contributed by atoms with Crippen molar-refractivity contribution in [1.29, 1.82) is 0 Å². The van der Waals surface area contributed by atoms with Crippen molar-refractivity contribution in [2.45, 2.75) is 32.1 Å². The summed E-state index contributed by atoms with van der Waals surface area (Å²) in [5, 5.41) is 3.09. The Bertz CT molecular complexity index is 451. The summed E-state index contributed by atoms with van der Waals surface area (Å²) in [5.41, 5.74) is 1.36. The number of carbonyl (C=O) groups excluding carboxylic acids is 1. The van der Waals surface area contributed by atoms with Crippen molar-refractivity contribution < 1.29 is 9.53 Å². The van der Waals surface area contributed by atoms with Gasteiger partial charge in [-0.3, -0.25) is 4.79 Å². The number of ether oxygens (including phenoxy) is 1. The van der Waals surface area contributed by atoms with Gasteiger partial charge in [0.2, 0.25) is 5.91 Å². The van der Waals surface area contributed by atoms with Crippen LogP contribution in [0.15, 0.2) is 24.3 Å². The number of piperidine rings is 1. The molecule has 122 valence electrons. The second-order valence-electron chi connectivity index (χ2n) is 6.08. The number of carbonyl (C=O) groups is 1. The largest absolute Gasteiger partial charge is 0.497 e. The van der Waals surface area contributed by atoms with E-state index in [9.17, 15) is 4.79 Å².